The molecule has 2 aromatic heterocycles. The van der Waals surface area contributed by atoms with Crippen molar-refractivity contribution in [3.8, 4) is 0 Å². The molecule has 22 heavy (non-hydrogen) atoms. The van der Waals surface area contributed by atoms with Crippen molar-refractivity contribution in [1.29, 1.82) is 0 Å². The molecule has 1 atom stereocenters. The standard InChI is InChI=1S/C14H23N7.HI/c1-12(11-21-8-4-6-19-21)9-16-14(15-2)17-10-13-5-7-18-20(13)3;/h4-8,12H,9-11H2,1-3H3,(H2,15,16,17);1H. The van der Waals surface area contributed by atoms with Gasteiger partial charge in [-0.25, -0.2) is 0 Å². The highest BCUT2D eigenvalue weighted by Gasteiger charge is 2.06. The summed E-state index contributed by atoms with van der Waals surface area (Å²) in [4.78, 5) is 4.23. The molecule has 0 saturated carbocycles. The van der Waals surface area contributed by atoms with Crippen LogP contribution in [0.15, 0.2) is 35.7 Å². The molecule has 0 aliphatic heterocycles. The number of rotatable bonds is 6. The Balaban J connectivity index is 0.00000242. The van der Waals surface area contributed by atoms with Crippen LogP contribution >= 0.6 is 24.0 Å². The van der Waals surface area contributed by atoms with Gasteiger partial charge in [-0.05, 0) is 18.1 Å². The molecule has 2 rings (SSSR count). The predicted octanol–water partition coefficient (Wildman–Crippen LogP) is 1.24. The molecule has 1 unspecified atom stereocenters. The predicted molar refractivity (Wildman–Crippen MR) is 98.2 cm³/mol. The van der Waals surface area contributed by atoms with Crippen LogP contribution in [0.2, 0.25) is 0 Å². The van der Waals surface area contributed by atoms with Crippen LogP contribution in [0.3, 0.4) is 0 Å². The van der Waals surface area contributed by atoms with Crippen LogP contribution in [0.4, 0.5) is 0 Å². The first-order valence-electron chi connectivity index (χ1n) is 7.08. The second-order valence-electron chi connectivity index (χ2n) is 5.09. The third kappa shape index (κ3) is 5.66. The molecule has 0 spiro atoms. The summed E-state index contributed by atoms with van der Waals surface area (Å²) in [5, 5.41) is 15.0. The molecule has 0 fully saturated rings. The number of hydrogen-bond acceptors (Lipinski definition) is 3. The Morgan fingerprint density at radius 3 is 2.73 bits per heavy atom. The molecular formula is C14H24IN7. The number of nitrogens with zero attached hydrogens (tertiary/aromatic N) is 5. The lowest BCUT2D eigenvalue weighted by Crippen LogP contribution is -2.39. The third-order valence-electron chi connectivity index (χ3n) is 3.26. The highest BCUT2D eigenvalue weighted by Crippen LogP contribution is 1.98. The molecule has 122 valence electrons. The number of halogens is 1. The molecule has 0 saturated heterocycles. The summed E-state index contributed by atoms with van der Waals surface area (Å²) in [5.74, 6) is 1.25. The van der Waals surface area contributed by atoms with E-state index in [0.717, 1.165) is 24.7 Å². The summed E-state index contributed by atoms with van der Waals surface area (Å²) in [6, 6.07) is 3.93. The van der Waals surface area contributed by atoms with Gasteiger partial charge in [-0.15, -0.1) is 24.0 Å². The zero-order chi connectivity index (χ0) is 15.1. The van der Waals surface area contributed by atoms with Crippen molar-refractivity contribution in [2.24, 2.45) is 18.0 Å². The van der Waals surface area contributed by atoms with Gasteiger partial charge in [0.2, 0.25) is 0 Å². The van der Waals surface area contributed by atoms with Gasteiger partial charge in [0.05, 0.1) is 12.2 Å². The maximum atomic E-state index is 4.23. The van der Waals surface area contributed by atoms with E-state index < -0.39 is 0 Å². The van der Waals surface area contributed by atoms with Crippen LogP contribution < -0.4 is 10.6 Å². The number of aromatic nitrogens is 4. The van der Waals surface area contributed by atoms with Crippen LogP contribution in [-0.4, -0.2) is 39.1 Å². The van der Waals surface area contributed by atoms with Crippen LogP contribution in [0, 0.1) is 5.92 Å². The van der Waals surface area contributed by atoms with Crippen molar-refractivity contribution in [2.75, 3.05) is 13.6 Å². The molecule has 2 heterocycles. The average Bonchev–Trinajstić information content (AvgIpc) is 3.11. The number of guanidine groups is 1. The van der Waals surface area contributed by atoms with E-state index >= 15 is 0 Å². The van der Waals surface area contributed by atoms with Gasteiger partial charge in [-0.1, -0.05) is 6.92 Å². The molecule has 8 heteroatoms. The topological polar surface area (TPSA) is 72.1 Å². The Morgan fingerprint density at radius 2 is 2.14 bits per heavy atom. The van der Waals surface area contributed by atoms with Gasteiger partial charge in [0.1, 0.15) is 0 Å². The minimum atomic E-state index is 0. The van der Waals surface area contributed by atoms with Crippen molar-refractivity contribution < 1.29 is 0 Å². The zero-order valence-electron chi connectivity index (χ0n) is 13.2. The smallest absolute Gasteiger partial charge is 0.191 e. The summed E-state index contributed by atoms with van der Waals surface area (Å²) in [7, 11) is 3.70. The highest BCUT2D eigenvalue weighted by molar-refractivity contribution is 14.0. The SMILES string of the molecule is CN=C(NCc1ccnn1C)NCC(C)Cn1cccn1.I. The molecule has 2 aromatic rings. The Bertz CT molecular complexity index is 562. The van der Waals surface area contributed by atoms with Gasteiger partial charge in [0.25, 0.3) is 0 Å². The summed E-state index contributed by atoms with van der Waals surface area (Å²) < 4.78 is 3.79. The van der Waals surface area contributed by atoms with Crippen LogP contribution in [-0.2, 0) is 20.1 Å². The Morgan fingerprint density at radius 1 is 1.32 bits per heavy atom. The van der Waals surface area contributed by atoms with E-state index in [1.54, 1.807) is 19.4 Å². The van der Waals surface area contributed by atoms with Crippen molar-refractivity contribution in [3.63, 3.8) is 0 Å². The first-order valence-corrected chi connectivity index (χ1v) is 7.08. The Kier molecular flexibility index (Phi) is 7.92. The van der Waals surface area contributed by atoms with Gasteiger partial charge in [-0.3, -0.25) is 14.4 Å². The molecular weight excluding hydrogens is 393 g/mol. The van der Waals surface area contributed by atoms with Crippen molar-refractivity contribution in [2.45, 2.75) is 20.0 Å². The molecule has 0 aliphatic carbocycles. The fraction of sp³-hybridized carbons (Fsp3) is 0.500. The molecule has 0 aromatic carbocycles. The van der Waals surface area contributed by atoms with Crippen LogP contribution in [0.5, 0.6) is 0 Å². The largest absolute Gasteiger partial charge is 0.356 e. The number of nitrogens with one attached hydrogen (secondary N) is 2. The first kappa shape index (κ1) is 18.5. The van der Waals surface area contributed by atoms with E-state index in [4.69, 9.17) is 0 Å². The molecule has 0 aliphatic rings. The molecule has 7 nitrogen and oxygen atoms in total. The minimum absolute atomic E-state index is 0. The second-order valence-corrected chi connectivity index (χ2v) is 5.09. The van der Waals surface area contributed by atoms with Crippen molar-refractivity contribution in [3.05, 3.63) is 36.4 Å². The summed E-state index contributed by atoms with van der Waals surface area (Å²) in [6.45, 7) is 4.61. The molecule has 0 bridgehead atoms. The fourth-order valence-corrected chi connectivity index (χ4v) is 2.03. The molecule has 2 N–H and O–H groups in total. The van der Waals surface area contributed by atoms with Crippen molar-refractivity contribution >= 4 is 29.9 Å². The van der Waals surface area contributed by atoms with Gasteiger partial charge >= 0.3 is 0 Å². The lowest BCUT2D eigenvalue weighted by molar-refractivity contribution is 0.443. The van der Waals surface area contributed by atoms with Gasteiger partial charge < -0.3 is 10.6 Å². The van der Waals surface area contributed by atoms with Crippen LogP contribution in [0.25, 0.3) is 0 Å². The number of aryl methyl sites for hydroxylation is 1. The van der Waals surface area contributed by atoms with E-state index in [2.05, 4.69) is 32.7 Å². The Hall–Kier alpha value is -1.58. The molecule has 0 amide bonds. The number of hydrogen-bond donors (Lipinski definition) is 2. The average molecular weight is 417 g/mol. The third-order valence-corrected chi connectivity index (χ3v) is 3.26. The minimum Gasteiger partial charge on any atom is -0.356 e. The molecule has 0 radical (unpaired) electrons. The number of aliphatic imine (C=N–C) groups is 1. The maximum absolute atomic E-state index is 4.23. The summed E-state index contributed by atoms with van der Waals surface area (Å²) in [5.41, 5.74) is 1.11. The second kappa shape index (κ2) is 9.44. The zero-order valence-corrected chi connectivity index (χ0v) is 15.6. The summed E-state index contributed by atoms with van der Waals surface area (Å²) in [6.07, 6.45) is 5.57. The fourth-order valence-electron chi connectivity index (χ4n) is 2.03. The monoisotopic (exact) mass is 417 g/mol. The van der Waals surface area contributed by atoms with E-state index in [0.29, 0.717) is 12.5 Å². The Labute approximate surface area is 148 Å². The normalized spacial score (nSPS) is 12.6. The first-order chi connectivity index (χ1) is 10.2. The van der Waals surface area contributed by atoms with E-state index in [1.807, 2.05) is 34.7 Å². The lowest BCUT2D eigenvalue weighted by Gasteiger charge is -2.16. The maximum Gasteiger partial charge on any atom is 0.191 e. The highest BCUT2D eigenvalue weighted by atomic mass is 127. The van der Waals surface area contributed by atoms with Gasteiger partial charge in [-0.2, -0.15) is 10.2 Å². The van der Waals surface area contributed by atoms with Crippen molar-refractivity contribution in [1.82, 2.24) is 30.2 Å². The van der Waals surface area contributed by atoms with E-state index in [9.17, 15) is 0 Å². The van der Waals surface area contributed by atoms with Gasteiger partial charge in [0.15, 0.2) is 5.96 Å². The van der Waals surface area contributed by atoms with E-state index in [1.165, 1.54) is 0 Å². The lowest BCUT2D eigenvalue weighted by atomic mass is 10.2. The van der Waals surface area contributed by atoms with Gasteiger partial charge in [0, 0.05) is 45.8 Å². The van der Waals surface area contributed by atoms with E-state index in [-0.39, 0.29) is 24.0 Å². The van der Waals surface area contributed by atoms with Crippen LogP contribution in [0.1, 0.15) is 12.6 Å². The summed E-state index contributed by atoms with van der Waals surface area (Å²) >= 11 is 0. The quantitative estimate of drug-likeness (QED) is 0.422.